The van der Waals surface area contributed by atoms with E-state index in [9.17, 15) is 4.79 Å². The molecule has 2 rings (SSSR count). The number of hydrogen-bond acceptors (Lipinski definition) is 2. The summed E-state index contributed by atoms with van der Waals surface area (Å²) in [4.78, 5) is 12.1. The molecule has 0 radical (unpaired) electrons. The summed E-state index contributed by atoms with van der Waals surface area (Å²) in [6.45, 7) is 4.21. The minimum Gasteiger partial charge on any atom is -0.326 e. The second-order valence-corrected chi connectivity index (χ2v) is 5.20. The Morgan fingerprint density at radius 3 is 2.89 bits per heavy atom. The molecule has 0 aromatic heterocycles. The van der Waals surface area contributed by atoms with Crippen LogP contribution in [0.15, 0.2) is 30.3 Å². The second-order valence-electron chi connectivity index (χ2n) is 5.20. The average Bonchev–Trinajstić information content (AvgIpc) is 2.41. The molecule has 1 amide bonds. The highest BCUT2D eigenvalue weighted by molar-refractivity contribution is 5.92. The van der Waals surface area contributed by atoms with Gasteiger partial charge in [0.15, 0.2) is 0 Å². The molecule has 1 aromatic carbocycles. The zero-order valence-electron chi connectivity index (χ0n) is 11.0. The third-order valence-corrected chi connectivity index (χ3v) is 3.57. The van der Waals surface area contributed by atoms with Crippen molar-refractivity contribution in [3.8, 4) is 0 Å². The van der Waals surface area contributed by atoms with Crippen molar-refractivity contribution in [2.75, 3.05) is 18.4 Å². The number of benzene rings is 1. The molecule has 1 aliphatic heterocycles. The third-order valence-electron chi connectivity index (χ3n) is 3.57. The predicted molar refractivity (Wildman–Crippen MR) is 74.4 cm³/mol. The van der Waals surface area contributed by atoms with Crippen LogP contribution in [0, 0.1) is 11.8 Å². The maximum Gasteiger partial charge on any atom is 0.227 e. The number of carbonyl (C=O) groups is 1. The van der Waals surface area contributed by atoms with E-state index in [0.29, 0.717) is 5.92 Å². The van der Waals surface area contributed by atoms with Crippen molar-refractivity contribution in [1.82, 2.24) is 5.32 Å². The summed E-state index contributed by atoms with van der Waals surface area (Å²) in [7, 11) is 0. The number of nitrogens with one attached hydrogen (secondary N) is 2. The number of piperidine rings is 1. The molecule has 2 unspecified atom stereocenters. The van der Waals surface area contributed by atoms with E-state index in [0.717, 1.165) is 25.2 Å². The maximum absolute atomic E-state index is 12.1. The normalized spacial score (nSPS) is 21.3. The van der Waals surface area contributed by atoms with Crippen molar-refractivity contribution < 1.29 is 4.79 Å². The molecule has 18 heavy (non-hydrogen) atoms. The van der Waals surface area contributed by atoms with Gasteiger partial charge in [-0.1, -0.05) is 25.1 Å². The largest absolute Gasteiger partial charge is 0.326 e. The lowest BCUT2D eigenvalue weighted by Gasteiger charge is -2.25. The van der Waals surface area contributed by atoms with Gasteiger partial charge in [-0.15, -0.1) is 0 Å². The zero-order valence-corrected chi connectivity index (χ0v) is 11.0. The van der Waals surface area contributed by atoms with Gasteiger partial charge in [0, 0.05) is 11.6 Å². The van der Waals surface area contributed by atoms with E-state index in [1.807, 2.05) is 37.3 Å². The summed E-state index contributed by atoms with van der Waals surface area (Å²) >= 11 is 0. The van der Waals surface area contributed by atoms with Crippen LogP contribution in [0.1, 0.15) is 26.2 Å². The highest BCUT2D eigenvalue weighted by Crippen LogP contribution is 2.20. The van der Waals surface area contributed by atoms with Crippen molar-refractivity contribution in [1.29, 1.82) is 0 Å². The third kappa shape index (κ3) is 3.84. The SMILES string of the molecule is CC(CC1CCCNC1)C(=O)Nc1ccccc1. The van der Waals surface area contributed by atoms with Crippen molar-refractivity contribution in [3.05, 3.63) is 30.3 Å². The Morgan fingerprint density at radius 2 is 2.22 bits per heavy atom. The molecule has 3 heteroatoms. The zero-order chi connectivity index (χ0) is 12.8. The van der Waals surface area contributed by atoms with E-state index in [1.54, 1.807) is 0 Å². The first kappa shape index (κ1) is 13.1. The molecule has 0 bridgehead atoms. The summed E-state index contributed by atoms with van der Waals surface area (Å²) in [6, 6.07) is 9.67. The highest BCUT2D eigenvalue weighted by atomic mass is 16.1. The molecule has 1 aromatic rings. The van der Waals surface area contributed by atoms with Crippen LogP contribution >= 0.6 is 0 Å². The Labute approximate surface area is 109 Å². The molecule has 98 valence electrons. The van der Waals surface area contributed by atoms with Gasteiger partial charge < -0.3 is 10.6 Å². The standard InChI is InChI=1S/C15H22N2O/c1-12(10-13-6-5-9-16-11-13)15(18)17-14-7-3-2-4-8-14/h2-4,7-8,12-13,16H,5-6,9-11H2,1H3,(H,17,18). The van der Waals surface area contributed by atoms with Gasteiger partial charge in [0.1, 0.15) is 0 Å². The number of carbonyl (C=O) groups excluding carboxylic acids is 1. The summed E-state index contributed by atoms with van der Waals surface area (Å²) in [5, 5.41) is 6.37. The van der Waals surface area contributed by atoms with Crippen LogP contribution in [0.3, 0.4) is 0 Å². The molecule has 2 N–H and O–H groups in total. The van der Waals surface area contributed by atoms with Crippen LogP contribution in [0.25, 0.3) is 0 Å². The first-order chi connectivity index (χ1) is 8.75. The monoisotopic (exact) mass is 246 g/mol. The highest BCUT2D eigenvalue weighted by Gasteiger charge is 2.20. The summed E-state index contributed by atoms with van der Waals surface area (Å²) in [5.41, 5.74) is 0.885. The van der Waals surface area contributed by atoms with Crippen LogP contribution in [-0.4, -0.2) is 19.0 Å². The Bertz CT molecular complexity index is 371. The van der Waals surface area contributed by atoms with Crippen LogP contribution < -0.4 is 10.6 Å². The molecule has 3 nitrogen and oxygen atoms in total. The van der Waals surface area contributed by atoms with Crippen molar-refractivity contribution in [2.24, 2.45) is 11.8 Å². The molecule has 1 aliphatic rings. The number of anilines is 1. The predicted octanol–water partition coefficient (Wildman–Crippen LogP) is 2.65. The molecule has 1 fully saturated rings. The Morgan fingerprint density at radius 1 is 1.44 bits per heavy atom. The minimum absolute atomic E-state index is 0.0788. The van der Waals surface area contributed by atoms with E-state index in [1.165, 1.54) is 12.8 Å². The average molecular weight is 246 g/mol. The Kier molecular flexibility index (Phi) is 4.76. The summed E-state index contributed by atoms with van der Waals surface area (Å²) in [6.07, 6.45) is 3.46. The van der Waals surface area contributed by atoms with Crippen molar-refractivity contribution in [3.63, 3.8) is 0 Å². The minimum atomic E-state index is 0.0788. The van der Waals surface area contributed by atoms with Gasteiger partial charge in [-0.3, -0.25) is 4.79 Å². The lowest BCUT2D eigenvalue weighted by Crippen LogP contribution is -2.32. The second kappa shape index (κ2) is 6.55. The smallest absolute Gasteiger partial charge is 0.227 e. The van der Waals surface area contributed by atoms with E-state index < -0.39 is 0 Å². The van der Waals surface area contributed by atoms with Gasteiger partial charge in [-0.2, -0.15) is 0 Å². The Balaban J connectivity index is 1.81. The van der Waals surface area contributed by atoms with E-state index in [2.05, 4.69) is 10.6 Å². The van der Waals surface area contributed by atoms with Crippen molar-refractivity contribution in [2.45, 2.75) is 26.2 Å². The van der Waals surface area contributed by atoms with E-state index >= 15 is 0 Å². The fourth-order valence-electron chi connectivity index (χ4n) is 2.52. The molecule has 2 atom stereocenters. The molecular weight excluding hydrogens is 224 g/mol. The molecule has 0 spiro atoms. The molecular formula is C15H22N2O. The van der Waals surface area contributed by atoms with Crippen LogP contribution in [0.2, 0.25) is 0 Å². The lowest BCUT2D eigenvalue weighted by atomic mass is 9.89. The van der Waals surface area contributed by atoms with Gasteiger partial charge >= 0.3 is 0 Å². The van der Waals surface area contributed by atoms with Crippen LogP contribution in [-0.2, 0) is 4.79 Å². The Hall–Kier alpha value is -1.35. The van der Waals surface area contributed by atoms with E-state index in [-0.39, 0.29) is 11.8 Å². The molecule has 1 heterocycles. The maximum atomic E-state index is 12.1. The molecule has 1 saturated heterocycles. The van der Waals surface area contributed by atoms with Gasteiger partial charge in [0.25, 0.3) is 0 Å². The molecule has 0 aliphatic carbocycles. The van der Waals surface area contributed by atoms with Crippen LogP contribution in [0.5, 0.6) is 0 Å². The fourth-order valence-corrected chi connectivity index (χ4v) is 2.52. The van der Waals surface area contributed by atoms with Crippen LogP contribution in [0.4, 0.5) is 5.69 Å². The summed E-state index contributed by atoms with van der Waals surface area (Å²) < 4.78 is 0. The fraction of sp³-hybridized carbons (Fsp3) is 0.533. The van der Waals surface area contributed by atoms with Gasteiger partial charge in [-0.05, 0) is 50.4 Å². The van der Waals surface area contributed by atoms with Crippen molar-refractivity contribution >= 4 is 11.6 Å². The number of hydrogen-bond donors (Lipinski definition) is 2. The van der Waals surface area contributed by atoms with Gasteiger partial charge in [0.2, 0.25) is 5.91 Å². The van der Waals surface area contributed by atoms with E-state index in [4.69, 9.17) is 0 Å². The number of amides is 1. The first-order valence-electron chi connectivity index (χ1n) is 6.82. The quantitative estimate of drug-likeness (QED) is 0.857. The number of rotatable bonds is 4. The topological polar surface area (TPSA) is 41.1 Å². The lowest BCUT2D eigenvalue weighted by molar-refractivity contribution is -0.119. The van der Waals surface area contributed by atoms with Gasteiger partial charge in [0.05, 0.1) is 0 Å². The van der Waals surface area contributed by atoms with Gasteiger partial charge in [-0.25, -0.2) is 0 Å². The number of para-hydroxylation sites is 1. The summed E-state index contributed by atoms with van der Waals surface area (Å²) in [5.74, 6) is 0.858. The molecule has 0 saturated carbocycles. The first-order valence-corrected chi connectivity index (χ1v) is 6.82.